The van der Waals surface area contributed by atoms with Crippen molar-refractivity contribution in [1.82, 2.24) is 5.32 Å². The van der Waals surface area contributed by atoms with Gasteiger partial charge in [-0.3, -0.25) is 0 Å². The highest BCUT2D eigenvalue weighted by Crippen LogP contribution is 2.35. The normalized spacial score (nSPS) is 12.2. The molecule has 0 spiro atoms. The van der Waals surface area contributed by atoms with Gasteiger partial charge in [0.15, 0.2) is 0 Å². The zero-order valence-electron chi connectivity index (χ0n) is 11.8. The number of thioether (sulfide) groups is 1. The molecular formula is C16H18FNOS. The molecule has 4 heteroatoms. The minimum absolute atomic E-state index is 0.118. The van der Waals surface area contributed by atoms with Crippen LogP contribution in [0.5, 0.6) is 11.5 Å². The van der Waals surface area contributed by atoms with E-state index in [4.69, 9.17) is 4.74 Å². The molecule has 1 atom stereocenters. The summed E-state index contributed by atoms with van der Waals surface area (Å²) in [5.74, 6) is 1.04. The maximum Gasteiger partial charge on any atom is 0.140 e. The van der Waals surface area contributed by atoms with Crippen LogP contribution in [0, 0.1) is 5.82 Å². The van der Waals surface area contributed by atoms with Gasteiger partial charge in [0.1, 0.15) is 17.3 Å². The fourth-order valence-electron chi connectivity index (χ4n) is 1.99. The van der Waals surface area contributed by atoms with Gasteiger partial charge in [0.2, 0.25) is 0 Å². The molecule has 0 amide bonds. The number of ether oxygens (including phenoxy) is 1. The number of nitrogens with one attached hydrogen (secondary N) is 1. The first-order chi connectivity index (χ1) is 9.67. The molecule has 0 heterocycles. The van der Waals surface area contributed by atoms with Gasteiger partial charge in [-0.05, 0) is 44.5 Å². The summed E-state index contributed by atoms with van der Waals surface area (Å²) in [6, 6.07) is 12.5. The van der Waals surface area contributed by atoms with Crippen LogP contribution in [0.3, 0.4) is 0 Å². The fourth-order valence-corrected chi connectivity index (χ4v) is 2.52. The zero-order valence-corrected chi connectivity index (χ0v) is 12.6. The van der Waals surface area contributed by atoms with Crippen LogP contribution in [-0.2, 0) is 0 Å². The summed E-state index contributed by atoms with van der Waals surface area (Å²) in [5, 5.41) is 3.05. The van der Waals surface area contributed by atoms with E-state index >= 15 is 0 Å². The van der Waals surface area contributed by atoms with Gasteiger partial charge in [-0.1, -0.05) is 18.2 Å². The van der Waals surface area contributed by atoms with E-state index in [1.807, 2.05) is 37.4 Å². The Balaban J connectivity index is 2.41. The van der Waals surface area contributed by atoms with E-state index in [-0.39, 0.29) is 11.9 Å². The molecule has 2 aromatic rings. The second-order valence-electron chi connectivity index (χ2n) is 4.41. The summed E-state index contributed by atoms with van der Waals surface area (Å²) < 4.78 is 20.0. The number of hydrogen-bond donors (Lipinski definition) is 1. The van der Waals surface area contributed by atoms with Gasteiger partial charge in [0, 0.05) is 16.5 Å². The zero-order chi connectivity index (χ0) is 14.5. The van der Waals surface area contributed by atoms with Crippen LogP contribution >= 0.6 is 11.8 Å². The van der Waals surface area contributed by atoms with Gasteiger partial charge in [0.05, 0.1) is 0 Å². The summed E-state index contributed by atoms with van der Waals surface area (Å²) >= 11 is 1.60. The minimum atomic E-state index is -0.258. The second-order valence-corrected chi connectivity index (χ2v) is 5.26. The number of hydrogen-bond acceptors (Lipinski definition) is 3. The van der Waals surface area contributed by atoms with Gasteiger partial charge in [-0.25, -0.2) is 4.39 Å². The molecule has 0 fully saturated rings. The molecule has 0 bridgehead atoms. The predicted molar refractivity (Wildman–Crippen MR) is 82.2 cm³/mol. The van der Waals surface area contributed by atoms with Crippen molar-refractivity contribution in [3.63, 3.8) is 0 Å². The molecule has 0 aliphatic rings. The Morgan fingerprint density at radius 1 is 1.10 bits per heavy atom. The Hall–Kier alpha value is -1.52. The fraction of sp³-hybridized carbons (Fsp3) is 0.250. The predicted octanol–water partition coefficient (Wildman–Crippen LogP) is 4.62. The molecule has 0 aromatic heterocycles. The highest BCUT2D eigenvalue weighted by molar-refractivity contribution is 7.98. The average Bonchev–Trinajstić information content (AvgIpc) is 2.47. The third-order valence-corrected chi connectivity index (χ3v) is 3.95. The van der Waals surface area contributed by atoms with Gasteiger partial charge in [-0.15, -0.1) is 11.8 Å². The van der Waals surface area contributed by atoms with Crippen LogP contribution in [-0.4, -0.2) is 13.3 Å². The maximum absolute atomic E-state index is 14.0. The van der Waals surface area contributed by atoms with Crippen molar-refractivity contribution in [1.29, 1.82) is 0 Å². The van der Waals surface area contributed by atoms with Crippen molar-refractivity contribution < 1.29 is 9.13 Å². The number of halogens is 1. The van der Waals surface area contributed by atoms with Crippen molar-refractivity contribution >= 4 is 11.8 Å². The lowest BCUT2D eigenvalue weighted by Gasteiger charge is -2.18. The SMILES string of the molecule is CNC(C)c1c(F)cccc1Oc1ccccc1SC. The van der Waals surface area contributed by atoms with E-state index in [2.05, 4.69) is 5.32 Å². The Bertz CT molecular complexity index is 588. The molecule has 0 aliphatic heterocycles. The van der Waals surface area contributed by atoms with Gasteiger partial charge < -0.3 is 10.1 Å². The minimum Gasteiger partial charge on any atom is -0.456 e. The highest BCUT2D eigenvalue weighted by Gasteiger charge is 2.16. The Kier molecular flexibility index (Phi) is 5.04. The quantitative estimate of drug-likeness (QED) is 0.812. The third kappa shape index (κ3) is 3.14. The smallest absolute Gasteiger partial charge is 0.140 e. The summed E-state index contributed by atoms with van der Waals surface area (Å²) in [6.07, 6.45) is 1.99. The first kappa shape index (κ1) is 14.9. The molecule has 0 saturated heterocycles. The van der Waals surface area contributed by atoms with Gasteiger partial charge >= 0.3 is 0 Å². The van der Waals surface area contributed by atoms with Crippen LogP contribution < -0.4 is 10.1 Å². The summed E-state index contributed by atoms with van der Waals surface area (Å²) in [6.45, 7) is 1.91. The maximum atomic E-state index is 14.0. The van der Waals surface area contributed by atoms with Gasteiger partial charge in [0.25, 0.3) is 0 Å². The third-order valence-electron chi connectivity index (χ3n) is 3.17. The molecule has 2 aromatic carbocycles. The van der Waals surface area contributed by atoms with E-state index in [9.17, 15) is 4.39 Å². The summed E-state index contributed by atoms with van der Waals surface area (Å²) in [5.41, 5.74) is 0.547. The van der Waals surface area contributed by atoms with Crippen LogP contribution in [0.15, 0.2) is 47.4 Å². The van der Waals surface area contributed by atoms with Crippen molar-refractivity contribution in [2.75, 3.05) is 13.3 Å². The first-order valence-electron chi connectivity index (χ1n) is 6.44. The molecular weight excluding hydrogens is 273 g/mol. The largest absolute Gasteiger partial charge is 0.456 e. The molecule has 0 saturated carbocycles. The molecule has 2 rings (SSSR count). The molecule has 1 N–H and O–H groups in total. The van der Waals surface area contributed by atoms with Crippen LogP contribution in [0.2, 0.25) is 0 Å². The van der Waals surface area contributed by atoms with Crippen molar-refractivity contribution in [2.45, 2.75) is 17.9 Å². The molecule has 0 aliphatic carbocycles. The van der Waals surface area contributed by atoms with Crippen LogP contribution in [0.4, 0.5) is 4.39 Å². The highest BCUT2D eigenvalue weighted by atomic mass is 32.2. The van der Waals surface area contributed by atoms with E-state index in [1.54, 1.807) is 30.9 Å². The molecule has 2 nitrogen and oxygen atoms in total. The number of benzene rings is 2. The molecule has 0 radical (unpaired) electrons. The first-order valence-corrected chi connectivity index (χ1v) is 7.66. The topological polar surface area (TPSA) is 21.3 Å². The van der Waals surface area contributed by atoms with Crippen LogP contribution in [0.25, 0.3) is 0 Å². The monoisotopic (exact) mass is 291 g/mol. The second kappa shape index (κ2) is 6.77. The summed E-state index contributed by atoms with van der Waals surface area (Å²) in [4.78, 5) is 1.03. The standard InChI is InChI=1S/C16H18FNOS/c1-11(18-2)16-12(17)7-6-9-14(16)19-13-8-4-5-10-15(13)20-3/h4-11,18H,1-3H3. The number of rotatable bonds is 5. The van der Waals surface area contributed by atoms with E-state index < -0.39 is 0 Å². The van der Waals surface area contributed by atoms with Gasteiger partial charge in [-0.2, -0.15) is 0 Å². The van der Waals surface area contributed by atoms with Crippen molar-refractivity contribution in [3.05, 3.63) is 53.8 Å². The Labute approximate surface area is 123 Å². The lowest BCUT2D eigenvalue weighted by molar-refractivity contribution is 0.444. The van der Waals surface area contributed by atoms with Crippen LogP contribution in [0.1, 0.15) is 18.5 Å². The van der Waals surface area contributed by atoms with E-state index in [0.29, 0.717) is 11.3 Å². The average molecular weight is 291 g/mol. The lowest BCUT2D eigenvalue weighted by Crippen LogP contribution is -2.15. The Morgan fingerprint density at radius 3 is 2.50 bits per heavy atom. The lowest BCUT2D eigenvalue weighted by atomic mass is 10.1. The van der Waals surface area contributed by atoms with Crippen molar-refractivity contribution in [2.24, 2.45) is 0 Å². The molecule has 106 valence electrons. The molecule has 1 unspecified atom stereocenters. The molecule has 20 heavy (non-hydrogen) atoms. The van der Waals surface area contributed by atoms with E-state index in [1.165, 1.54) is 6.07 Å². The number of para-hydroxylation sites is 1. The van der Waals surface area contributed by atoms with E-state index in [0.717, 1.165) is 10.6 Å². The summed E-state index contributed by atoms with van der Waals surface area (Å²) in [7, 11) is 1.80. The van der Waals surface area contributed by atoms with Crippen molar-refractivity contribution in [3.8, 4) is 11.5 Å². The Morgan fingerprint density at radius 2 is 1.80 bits per heavy atom.